The molecule has 0 aromatic carbocycles. The second kappa shape index (κ2) is 7.61. The maximum Gasteiger partial charge on any atom is 0.239 e. The normalized spacial score (nSPS) is 32.1. The summed E-state index contributed by atoms with van der Waals surface area (Å²) in [6.07, 6.45) is 5.47. The molecule has 0 bridgehead atoms. The zero-order chi connectivity index (χ0) is 14.4. The van der Waals surface area contributed by atoms with E-state index in [0.29, 0.717) is 19.8 Å². The van der Waals surface area contributed by atoms with Crippen molar-refractivity contribution in [2.75, 3.05) is 26.3 Å². The van der Waals surface area contributed by atoms with Crippen LogP contribution in [0, 0.1) is 17.2 Å². The molecule has 0 radical (unpaired) electrons. The summed E-state index contributed by atoms with van der Waals surface area (Å²) in [6.45, 7) is 4.42. The maximum absolute atomic E-state index is 12.2. The van der Waals surface area contributed by atoms with Crippen LogP contribution in [-0.2, 0) is 9.53 Å². The van der Waals surface area contributed by atoms with Gasteiger partial charge < -0.3 is 10.1 Å². The molecule has 5 nitrogen and oxygen atoms in total. The van der Waals surface area contributed by atoms with Crippen molar-refractivity contribution in [1.82, 2.24) is 10.2 Å². The van der Waals surface area contributed by atoms with Crippen LogP contribution in [0.3, 0.4) is 0 Å². The molecule has 2 aliphatic rings. The van der Waals surface area contributed by atoms with E-state index in [0.717, 1.165) is 32.2 Å². The van der Waals surface area contributed by atoms with E-state index >= 15 is 0 Å². The van der Waals surface area contributed by atoms with Gasteiger partial charge in [0.1, 0.15) is 6.04 Å². The predicted molar refractivity (Wildman–Crippen MR) is 76.0 cm³/mol. The molecule has 112 valence electrons. The molecule has 0 aromatic rings. The molecule has 2 rings (SSSR count). The first-order valence-corrected chi connectivity index (χ1v) is 7.78. The van der Waals surface area contributed by atoms with Crippen LogP contribution in [0.2, 0.25) is 0 Å². The highest BCUT2D eigenvalue weighted by molar-refractivity contribution is 5.82. The lowest BCUT2D eigenvalue weighted by atomic mass is 9.93. The Bertz CT molecular complexity index is 367. The molecule has 1 aliphatic carbocycles. The molecule has 0 aromatic heterocycles. The Morgan fingerprint density at radius 1 is 1.40 bits per heavy atom. The Morgan fingerprint density at radius 3 is 2.95 bits per heavy atom. The fourth-order valence-corrected chi connectivity index (χ4v) is 3.37. The Kier molecular flexibility index (Phi) is 5.81. The molecule has 1 amide bonds. The van der Waals surface area contributed by atoms with E-state index in [4.69, 9.17) is 4.74 Å². The molecule has 1 aliphatic heterocycles. The van der Waals surface area contributed by atoms with Crippen LogP contribution < -0.4 is 5.32 Å². The minimum atomic E-state index is -0.234. The monoisotopic (exact) mass is 279 g/mol. The van der Waals surface area contributed by atoms with Gasteiger partial charge in [-0.3, -0.25) is 9.69 Å². The first kappa shape index (κ1) is 15.3. The highest BCUT2D eigenvalue weighted by atomic mass is 16.5. The third kappa shape index (κ3) is 3.50. The molecular formula is C15H25N3O2. The third-order valence-electron chi connectivity index (χ3n) is 4.39. The second-order valence-electron chi connectivity index (χ2n) is 5.66. The van der Waals surface area contributed by atoms with E-state index in [9.17, 15) is 10.1 Å². The quantitative estimate of drug-likeness (QED) is 0.791. The summed E-state index contributed by atoms with van der Waals surface area (Å²) in [5.41, 5.74) is 0. The van der Waals surface area contributed by atoms with E-state index in [2.05, 4.69) is 16.3 Å². The zero-order valence-electron chi connectivity index (χ0n) is 12.3. The third-order valence-corrected chi connectivity index (χ3v) is 4.39. The molecule has 1 saturated heterocycles. The zero-order valence-corrected chi connectivity index (χ0v) is 12.3. The number of amides is 1. The number of nitriles is 1. The van der Waals surface area contributed by atoms with Crippen molar-refractivity contribution in [1.29, 1.82) is 5.26 Å². The molecule has 20 heavy (non-hydrogen) atoms. The molecule has 1 heterocycles. The minimum absolute atomic E-state index is 0.0353. The largest absolute Gasteiger partial charge is 0.378 e. The van der Waals surface area contributed by atoms with Gasteiger partial charge in [-0.25, -0.2) is 0 Å². The summed E-state index contributed by atoms with van der Waals surface area (Å²) < 4.78 is 5.49. The van der Waals surface area contributed by atoms with Crippen LogP contribution in [0.4, 0.5) is 0 Å². The summed E-state index contributed by atoms with van der Waals surface area (Å²) >= 11 is 0. The molecular weight excluding hydrogens is 254 g/mol. The van der Waals surface area contributed by atoms with Crippen molar-refractivity contribution in [3.8, 4) is 6.07 Å². The lowest BCUT2D eigenvalue weighted by Gasteiger charge is -2.41. The number of carbonyl (C=O) groups excluding carboxylic acids is 1. The molecule has 3 unspecified atom stereocenters. The van der Waals surface area contributed by atoms with Crippen molar-refractivity contribution in [2.24, 2.45) is 5.92 Å². The van der Waals surface area contributed by atoms with Gasteiger partial charge in [0.2, 0.25) is 5.91 Å². The van der Waals surface area contributed by atoms with Crippen molar-refractivity contribution in [2.45, 2.75) is 51.1 Å². The van der Waals surface area contributed by atoms with Gasteiger partial charge in [-0.1, -0.05) is 19.3 Å². The summed E-state index contributed by atoms with van der Waals surface area (Å²) in [4.78, 5) is 14.4. The van der Waals surface area contributed by atoms with Crippen LogP contribution in [0.5, 0.6) is 0 Å². The van der Waals surface area contributed by atoms with Crippen molar-refractivity contribution in [3.63, 3.8) is 0 Å². The van der Waals surface area contributed by atoms with Gasteiger partial charge in [-0.05, 0) is 19.8 Å². The smallest absolute Gasteiger partial charge is 0.239 e. The summed E-state index contributed by atoms with van der Waals surface area (Å²) in [5.74, 6) is 0.0839. The number of hydrogen-bond acceptors (Lipinski definition) is 4. The Balaban J connectivity index is 2.12. The number of nitrogens with zero attached hydrogens (tertiary/aromatic N) is 2. The number of carbonyl (C=O) groups is 1. The highest BCUT2D eigenvalue weighted by Gasteiger charge is 2.37. The Labute approximate surface area is 121 Å². The number of likely N-dealkylation sites (N-methyl/N-ethyl adjacent to an activating group) is 1. The molecule has 1 N–H and O–H groups in total. The van der Waals surface area contributed by atoms with E-state index in [1.165, 1.54) is 6.42 Å². The van der Waals surface area contributed by atoms with Crippen molar-refractivity contribution in [3.05, 3.63) is 0 Å². The molecule has 1 saturated carbocycles. The van der Waals surface area contributed by atoms with Gasteiger partial charge in [0.25, 0.3) is 0 Å². The lowest BCUT2D eigenvalue weighted by molar-refractivity contribution is -0.135. The Hall–Kier alpha value is -1.12. The fraction of sp³-hybridized carbons (Fsp3) is 0.867. The first-order chi connectivity index (χ1) is 9.77. The first-order valence-electron chi connectivity index (χ1n) is 7.78. The summed E-state index contributed by atoms with van der Waals surface area (Å²) in [5, 5.41) is 12.3. The number of nitrogens with one attached hydrogen (secondary N) is 1. The maximum atomic E-state index is 12.2. The molecule has 2 fully saturated rings. The van der Waals surface area contributed by atoms with Crippen LogP contribution in [0.15, 0.2) is 0 Å². The van der Waals surface area contributed by atoms with Gasteiger partial charge in [-0.2, -0.15) is 5.26 Å². The van der Waals surface area contributed by atoms with Gasteiger partial charge >= 0.3 is 0 Å². The van der Waals surface area contributed by atoms with E-state index in [1.54, 1.807) is 0 Å². The number of ether oxygens (including phenoxy) is 1. The number of rotatable bonds is 3. The van der Waals surface area contributed by atoms with Crippen molar-refractivity contribution >= 4 is 5.91 Å². The van der Waals surface area contributed by atoms with E-state index < -0.39 is 0 Å². The van der Waals surface area contributed by atoms with Gasteiger partial charge in [0.15, 0.2) is 0 Å². The van der Waals surface area contributed by atoms with Gasteiger partial charge in [0.05, 0.1) is 25.2 Å². The summed E-state index contributed by atoms with van der Waals surface area (Å²) in [7, 11) is 0. The Morgan fingerprint density at radius 2 is 2.20 bits per heavy atom. The van der Waals surface area contributed by atoms with Crippen molar-refractivity contribution < 1.29 is 9.53 Å². The standard InChI is InChI=1S/C15H25N3O2/c1-2-17-15(19)14-11-20-9-8-18(14)13-7-5-3-4-6-12(13)10-16/h12-14H,2-9,11H2,1H3,(H,17,19). The topological polar surface area (TPSA) is 65.4 Å². The molecule has 5 heteroatoms. The minimum Gasteiger partial charge on any atom is -0.378 e. The highest BCUT2D eigenvalue weighted by Crippen LogP contribution is 2.29. The number of hydrogen-bond donors (Lipinski definition) is 1. The fourth-order valence-electron chi connectivity index (χ4n) is 3.37. The second-order valence-corrected chi connectivity index (χ2v) is 5.66. The van der Waals surface area contributed by atoms with Crippen LogP contribution in [0.25, 0.3) is 0 Å². The van der Waals surface area contributed by atoms with Crippen LogP contribution in [-0.4, -0.2) is 49.2 Å². The number of morpholine rings is 1. The SMILES string of the molecule is CCNC(=O)C1COCCN1C1CCCCCC1C#N. The molecule has 3 atom stereocenters. The predicted octanol–water partition coefficient (Wildman–Crippen LogP) is 1.30. The average molecular weight is 279 g/mol. The van der Waals surface area contributed by atoms with Crippen LogP contribution >= 0.6 is 0 Å². The summed E-state index contributed by atoms with van der Waals surface area (Å²) in [6, 6.07) is 2.44. The van der Waals surface area contributed by atoms with Crippen LogP contribution in [0.1, 0.15) is 39.0 Å². The van der Waals surface area contributed by atoms with Gasteiger partial charge in [-0.15, -0.1) is 0 Å². The van der Waals surface area contributed by atoms with E-state index in [-0.39, 0.29) is 23.9 Å². The van der Waals surface area contributed by atoms with Gasteiger partial charge in [0, 0.05) is 19.1 Å². The average Bonchev–Trinajstić information content (AvgIpc) is 2.72. The van der Waals surface area contributed by atoms with E-state index in [1.807, 2.05) is 6.92 Å². The molecule has 0 spiro atoms. The lowest BCUT2D eigenvalue weighted by Crippen LogP contribution is -2.58.